The number of nitrogens with one attached hydrogen (secondary N) is 2. The Kier molecular flexibility index (Phi) is 6.60. The van der Waals surface area contributed by atoms with Crippen LogP contribution in [0.5, 0.6) is 0 Å². The number of thioether (sulfide) groups is 1. The Morgan fingerprint density at radius 2 is 2.20 bits per heavy atom. The van der Waals surface area contributed by atoms with E-state index in [0.717, 1.165) is 6.07 Å². The predicted octanol–water partition coefficient (Wildman–Crippen LogP) is 2.81. The fourth-order valence-corrected chi connectivity index (χ4v) is 2.03. The fourth-order valence-electron chi connectivity index (χ4n) is 1.40. The topological polar surface area (TPSA) is 78.4 Å². The Morgan fingerprint density at radius 1 is 1.50 bits per heavy atom. The van der Waals surface area contributed by atoms with Crippen molar-refractivity contribution >= 4 is 41.1 Å². The van der Waals surface area contributed by atoms with Gasteiger partial charge < -0.3 is 15.7 Å². The second-order valence-corrected chi connectivity index (χ2v) is 5.32. The molecule has 0 heterocycles. The number of urea groups is 1. The molecule has 0 radical (unpaired) electrons. The maximum atomic E-state index is 13.5. The molecule has 0 aliphatic heterocycles. The Bertz CT molecular complexity index is 502. The van der Waals surface area contributed by atoms with Crippen molar-refractivity contribution in [3.63, 3.8) is 0 Å². The highest BCUT2D eigenvalue weighted by atomic mass is 35.5. The molecule has 110 valence electrons. The zero-order chi connectivity index (χ0) is 15.1. The van der Waals surface area contributed by atoms with E-state index < -0.39 is 23.9 Å². The molecule has 0 spiro atoms. The van der Waals surface area contributed by atoms with Crippen LogP contribution in [0.1, 0.15) is 6.42 Å². The van der Waals surface area contributed by atoms with Crippen molar-refractivity contribution in [3.8, 4) is 0 Å². The minimum absolute atomic E-state index is 0.0686. The van der Waals surface area contributed by atoms with E-state index in [9.17, 15) is 14.0 Å². The lowest BCUT2D eigenvalue weighted by atomic mass is 10.2. The molecule has 1 rings (SSSR count). The molecule has 20 heavy (non-hydrogen) atoms. The van der Waals surface area contributed by atoms with Gasteiger partial charge in [-0.25, -0.2) is 14.0 Å². The fraction of sp³-hybridized carbons (Fsp3) is 0.333. The first-order chi connectivity index (χ1) is 9.43. The first-order valence-electron chi connectivity index (χ1n) is 5.68. The number of hydrogen-bond donors (Lipinski definition) is 3. The van der Waals surface area contributed by atoms with Crippen LogP contribution in [0, 0.1) is 5.82 Å². The number of amides is 2. The van der Waals surface area contributed by atoms with Gasteiger partial charge in [-0.15, -0.1) is 0 Å². The van der Waals surface area contributed by atoms with Crippen LogP contribution in [0.15, 0.2) is 18.2 Å². The summed E-state index contributed by atoms with van der Waals surface area (Å²) in [6.07, 6.45) is 2.12. The summed E-state index contributed by atoms with van der Waals surface area (Å²) in [5, 5.41) is 13.7. The van der Waals surface area contributed by atoms with Gasteiger partial charge in [-0.2, -0.15) is 11.8 Å². The molecule has 1 aromatic rings. The average molecular weight is 321 g/mol. The highest BCUT2D eigenvalue weighted by Gasteiger charge is 2.19. The Morgan fingerprint density at radius 3 is 2.75 bits per heavy atom. The second-order valence-electron chi connectivity index (χ2n) is 3.89. The van der Waals surface area contributed by atoms with Crippen LogP contribution in [0.25, 0.3) is 0 Å². The van der Waals surface area contributed by atoms with Crippen LogP contribution >= 0.6 is 23.4 Å². The lowest BCUT2D eigenvalue weighted by Crippen LogP contribution is -2.43. The van der Waals surface area contributed by atoms with Gasteiger partial charge in [0.25, 0.3) is 0 Å². The number of carbonyl (C=O) groups is 2. The molecular weight excluding hydrogens is 307 g/mol. The number of rotatable bonds is 6. The Hall–Kier alpha value is -1.47. The summed E-state index contributed by atoms with van der Waals surface area (Å²) in [5.74, 6) is -1.23. The summed E-state index contributed by atoms with van der Waals surface area (Å²) < 4.78 is 13.5. The number of benzene rings is 1. The Labute approximate surface area is 124 Å². The highest BCUT2D eigenvalue weighted by molar-refractivity contribution is 7.98. The first-order valence-corrected chi connectivity index (χ1v) is 7.45. The van der Waals surface area contributed by atoms with Crippen LogP contribution < -0.4 is 10.6 Å². The third-order valence-corrected chi connectivity index (χ3v) is 3.27. The van der Waals surface area contributed by atoms with E-state index in [1.165, 1.54) is 23.9 Å². The van der Waals surface area contributed by atoms with Crippen LogP contribution in [0.3, 0.4) is 0 Å². The molecule has 0 unspecified atom stereocenters. The van der Waals surface area contributed by atoms with Crippen LogP contribution in [0.2, 0.25) is 5.02 Å². The number of carboxylic acids is 1. The molecule has 1 atom stereocenters. The summed E-state index contributed by atoms with van der Waals surface area (Å²) in [6, 6.07) is 1.98. The summed E-state index contributed by atoms with van der Waals surface area (Å²) in [5.41, 5.74) is -0.0686. The number of halogens is 2. The van der Waals surface area contributed by atoms with Gasteiger partial charge in [0.2, 0.25) is 0 Å². The third kappa shape index (κ3) is 5.26. The van der Waals surface area contributed by atoms with E-state index in [4.69, 9.17) is 16.7 Å². The summed E-state index contributed by atoms with van der Waals surface area (Å²) >= 11 is 7.06. The number of carboxylic acid groups (broad SMARTS) is 1. The molecule has 0 aromatic heterocycles. The lowest BCUT2D eigenvalue weighted by Gasteiger charge is -2.15. The number of anilines is 1. The average Bonchev–Trinajstić information content (AvgIpc) is 2.37. The van der Waals surface area contributed by atoms with Gasteiger partial charge in [-0.05, 0) is 36.6 Å². The zero-order valence-corrected chi connectivity index (χ0v) is 12.2. The van der Waals surface area contributed by atoms with Gasteiger partial charge in [0.15, 0.2) is 0 Å². The number of hydrogen-bond acceptors (Lipinski definition) is 3. The van der Waals surface area contributed by atoms with Crippen molar-refractivity contribution in [3.05, 3.63) is 29.0 Å². The lowest BCUT2D eigenvalue weighted by molar-refractivity contribution is -0.139. The Balaban J connectivity index is 2.63. The monoisotopic (exact) mass is 320 g/mol. The molecule has 0 bridgehead atoms. The van der Waals surface area contributed by atoms with E-state index in [0.29, 0.717) is 5.75 Å². The van der Waals surface area contributed by atoms with Crippen molar-refractivity contribution in [2.45, 2.75) is 12.5 Å². The van der Waals surface area contributed by atoms with Gasteiger partial charge in [0, 0.05) is 5.02 Å². The van der Waals surface area contributed by atoms with E-state index in [1.54, 1.807) is 0 Å². The van der Waals surface area contributed by atoms with Gasteiger partial charge >= 0.3 is 12.0 Å². The van der Waals surface area contributed by atoms with Crippen molar-refractivity contribution in [2.75, 3.05) is 17.3 Å². The summed E-state index contributed by atoms with van der Waals surface area (Å²) in [7, 11) is 0. The van der Waals surface area contributed by atoms with E-state index in [2.05, 4.69) is 10.6 Å². The summed E-state index contributed by atoms with van der Waals surface area (Å²) in [4.78, 5) is 22.6. The molecule has 8 heteroatoms. The van der Waals surface area contributed by atoms with Crippen molar-refractivity contribution in [1.29, 1.82) is 0 Å². The minimum atomic E-state index is -1.13. The number of aliphatic carboxylic acids is 1. The first kappa shape index (κ1) is 16.6. The van der Waals surface area contributed by atoms with E-state index in [1.807, 2.05) is 6.26 Å². The molecule has 0 fully saturated rings. The predicted molar refractivity (Wildman–Crippen MR) is 78.0 cm³/mol. The molecule has 1 aromatic carbocycles. The largest absolute Gasteiger partial charge is 0.480 e. The van der Waals surface area contributed by atoms with Gasteiger partial charge in [0.05, 0.1) is 5.69 Å². The maximum Gasteiger partial charge on any atom is 0.326 e. The molecule has 3 N–H and O–H groups in total. The third-order valence-electron chi connectivity index (χ3n) is 2.39. The van der Waals surface area contributed by atoms with Gasteiger partial charge in [-0.3, -0.25) is 0 Å². The molecule has 0 aliphatic rings. The molecule has 0 saturated carbocycles. The van der Waals surface area contributed by atoms with Crippen molar-refractivity contribution in [2.24, 2.45) is 0 Å². The number of carbonyl (C=O) groups excluding carboxylic acids is 1. The van der Waals surface area contributed by atoms with Gasteiger partial charge in [0.1, 0.15) is 11.9 Å². The van der Waals surface area contributed by atoms with Gasteiger partial charge in [-0.1, -0.05) is 11.6 Å². The van der Waals surface area contributed by atoms with E-state index in [-0.39, 0.29) is 17.1 Å². The minimum Gasteiger partial charge on any atom is -0.480 e. The SMILES string of the molecule is CSCC[C@@H](NC(=O)Nc1ccc(Cl)cc1F)C(=O)O. The normalized spacial score (nSPS) is 11.8. The molecule has 0 saturated heterocycles. The highest BCUT2D eigenvalue weighted by Crippen LogP contribution is 2.18. The quantitative estimate of drug-likeness (QED) is 0.753. The van der Waals surface area contributed by atoms with Crippen LogP contribution in [-0.2, 0) is 4.79 Å². The molecule has 0 aliphatic carbocycles. The van der Waals surface area contributed by atoms with Crippen LogP contribution in [-0.4, -0.2) is 35.2 Å². The molecule has 5 nitrogen and oxygen atoms in total. The molecular formula is C12H14ClFN2O3S. The van der Waals surface area contributed by atoms with E-state index >= 15 is 0 Å². The maximum absolute atomic E-state index is 13.5. The smallest absolute Gasteiger partial charge is 0.326 e. The standard InChI is InChI=1S/C12H14ClFN2O3S/c1-20-5-4-10(11(17)18)16-12(19)15-9-3-2-7(13)6-8(9)14/h2-3,6,10H,4-5H2,1H3,(H,17,18)(H2,15,16,19)/t10-/m1/s1. The second kappa shape index (κ2) is 7.96. The van der Waals surface area contributed by atoms with Crippen molar-refractivity contribution in [1.82, 2.24) is 5.32 Å². The molecule has 2 amide bonds. The van der Waals surface area contributed by atoms with Crippen molar-refractivity contribution < 1.29 is 19.1 Å². The zero-order valence-electron chi connectivity index (χ0n) is 10.7. The summed E-state index contributed by atoms with van der Waals surface area (Å²) in [6.45, 7) is 0. The van der Waals surface area contributed by atoms with Crippen LogP contribution in [0.4, 0.5) is 14.9 Å².